The van der Waals surface area contributed by atoms with Crippen LogP contribution in [-0.4, -0.2) is 20.9 Å². The molecule has 0 radical (unpaired) electrons. The number of rotatable bonds is 7. The Labute approximate surface area is 147 Å². The lowest BCUT2D eigenvalue weighted by Crippen LogP contribution is -2.24. The molecule has 0 aliphatic heterocycles. The van der Waals surface area contributed by atoms with Crippen LogP contribution in [0.15, 0.2) is 53.4 Å². The standard InChI is InChI=1S/C17H19ClN2O3S/c1-2-3-11-19-17(21)13-9-10-16(15(18)12-13)20-24(22,23)14-7-5-4-6-8-14/h4-10,12,20H,2-3,11H2,1H3,(H,19,21). The maximum atomic E-state index is 12.3. The van der Waals surface area contributed by atoms with E-state index < -0.39 is 10.0 Å². The Balaban J connectivity index is 2.14. The number of anilines is 1. The first kappa shape index (κ1) is 18.3. The number of hydrogen-bond acceptors (Lipinski definition) is 3. The molecule has 24 heavy (non-hydrogen) atoms. The van der Waals surface area contributed by atoms with Crippen LogP contribution in [0.1, 0.15) is 30.1 Å². The van der Waals surface area contributed by atoms with E-state index in [4.69, 9.17) is 11.6 Å². The summed E-state index contributed by atoms with van der Waals surface area (Å²) in [4.78, 5) is 12.1. The second-order valence-electron chi connectivity index (χ2n) is 5.22. The normalized spacial score (nSPS) is 11.1. The Morgan fingerprint density at radius 3 is 2.46 bits per heavy atom. The van der Waals surface area contributed by atoms with E-state index in [-0.39, 0.29) is 21.5 Å². The number of benzene rings is 2. The van der Waals surface area contributed by atoms with Gasteiger partial charge in [-0.25, -0.2) is 8.42 Å². The Bertz CT molecular complexity index is 808. The molecule has 0 fully saturated rings. The van der Waals surface area contributed by atoms with Crippen molar-refractivity contribution < 1.29 is 13.2 Å². The number of sulfonamides is 1. The van der Waals surface area contributed by atoms with Crippen molar-refractivity contribution in [2.24, 2.45) is 0 Å². The van der Waals surface area contributed by atoms with Gasteiger partial charge in [0.25, 0.3) is 15.9 Å². The zero-order valence-electron chi connectivity index (χ0n) is 13.3. The molecule has 2 rings (SSSR count). The van der Waals surface area contributed by atoms with Gasteiger partial charge in [0, 0.05) is 12.1 Å². The number of unbranched alkanes of at least 4 members (excludes halogenated alkanes) is 1. The van der Waals surface area contributed by atoms with Crippen LogP contribution in [0.5, 0.6) is 0 Å². The fraction of sp³-hybridized carbons (Fsp3) is 0.235. The highest BCUT2D eigenvalue weighted by molar-refractivity contribution is 7.92. The van der Waals surface area contributed by atoms with E-state index in [0.29, 0.717) is 12.1 Å². The lowest BCUT2D eigenvalue weighted by atomic mass is 10.2. The van der Waals surface area contributed by atoms with Crippen LogP contribution >= 0.6 is 11.6 Å². The third kappa shape index (κ3) is 4.72. The first-order chi connectivity index (χ1) is 11.4. The van der Waals surface area contributed by atoms with Gasteiger partial charge in [0.15, 0.2) is 0 Å². The Kier molecular flexibility index (Phi) is 6.23. The average molecular weight is 367 g/mol. The van der Waals surface area contributed by atoms with Crippen LogP contribution in [0.25, 0.3) is 0 Å². The van der Waals surface area contributed by atoms with E-state index in [1.165, 1.54) is 30.3 Å². The summed E-state index contributed by atoms with van der Waals surface area (Å²) in [7, 11) is -3.72. The van der Waals surface area contributed by atoms with Crippen molar-refractivity contribution in [2.75, 3.05) is 11.3 Å². The highest BCUT2D eigenvalue weighted by Gasteiger charge is 2.16. The maximum absolute atomic E-state index is 12.3. The summed E-state index contributed by atoms with van der Waals surface area (Å²) in [5.41, 5.74) is 0.615. The zero-order valence-corrected chi connectivity index (χ0v) is 14.8. The van der Waals surface area contributed by atoms with Gasteiger partial charge < -0.3 is 5.32 Å². The van der Waals surface area contributed by atoms with Gasteiger partial charge in [0.2, 0.25) is 0 Å². The monoisotopic (exact) mass is 366 g/mol. The molecule has 0 saturated carbocycles. The van der Waals surface area contributed by atoms with Crippen molar-refractivity contribution in [1.82, 2.24) is 5.32 Å². The van der Waals surface area contributed by atoms with Crippen LogP contribution in [0.4, 0.5) is 5.69 Å². The maximum Gasteiger partial charge on any atom is 0.261 e. The topological polar surface area (TPSA) is 75.3 Å². The first-order valence-electron chi connectivity index (χ1n) is 7.59. The minimum absolute atomic E-state index is 0.141. The number of nitrogens with one attached hydrogen (secondary N) is 2. The third-order valence-electron chi connectivity index (χ3n) is 3.34. The molecule has 0 aliphatic rings. The molecular formula is C17H19ClN2O3S. The minimum atomic E-state index is -3.72. The zero-order chi connectivity index (χ0) is 17.6. The van der Waals surface area contributed by atoms with Crippen molar-refractivity contribution in [1.29, 1.82) is 0 Å². The molecule has 0 unspecified atom stereocenters. The van der Waals surface area contributed by atoms with Crippen molar-refractivity contribution in [3.05, 3.63) is 59.1 Å². The van der Waals surface area contributed by atoms with Crippen LogP contribution in [-0.2, 0) is 10.0 Å². The average Bonchev–Trinajstić information content (AvgIpc) is 2.57. The van der Waals surface area contributed by atoms with Crippen molar-refractivity contribution in [2.45, 2.75) is 24.7 Å². The van der Waals surface area contributed by atoms with E-state index >= 15 is 0 Å². The van der Waals surface area contributed by atoms with Crippen molar-refractivity contribution in [3.8, 4) is 0 Å². The molecule has 2 aromatic rings. The molecule has 0 aromatic heterocycles. The quantitative estimate of drug-likeness (QED) is 0.734. The molecule has 7 heteroatoms. The Morgan fingerprint density at radius 1 is 1.12 bits per heavy atom. The molecule has 0 bridgehead atoms. The van der Waals surface area contributed by atoms with Gasteiger partial charge in [-0.3, -0.25) is 9.52 Å². The summed E-state index contributed by atoms with van der Waals surface area (Å²) in [6, 6.07) is 12.5. The highest BCUT2D eigenvalue weighted by atomic mass is 35.5. The summed E-state index contributed by atoms with van der Waals surface area (Å²) in [5.74, 6) is -0.234. The number of halogens is 1. The van der Waals surface area contributed by atoms with Crippen LogP contribution in [0.2, 0.25) is 5.02 Å². The van der Waals surface area contributed by atoms with Crippen LogP contribution < -0.4 is 10.0 Å². The molecule has 5 nitrogen and oxygen atoms in total. The number of amides is 1. The predicted octanol–water partition coefficient (Wildman–Crippen LogP) is 3.67. The van der Waals surface area contributed by atoms with Gasteiger partial charge >= 0.3 is 0 Å². The molecule has 2 N–H and O–H groups in total. The molecule has 0 spiro atoms. The summed E-state index contributed by atoms with van der Waals surface area (Å²) in [6.07, 6.45) is 1.88. The lowest BCUT2D eigenvalue weighted by molar-refractivity contribution is 0.0953. The summed E-state index contributed by atoms with van der Waals surface area (Å²) in [6.45, 7) is 2.63. The van der Waals surface area contributed by atoms with Crippen LogP contribution in [0, 0.1) is 0 Å². The third-order valence-corrected chi connectivity index (χ3v) is 5.04. The van der Waals surface area contributed by atoms with E-state index in [9.17, 15) is 13.2 Å². The van der Waals surface area contributed by atoms with E-state index in [2.05, 4.69) is 10.0 Å². The predicted molar refractivity (Wildman–Crippen MR) is 95.9 cm³/mol. The highest BCUT2D eigenvalue weighted by Crippen LogP contribution is 2.25. The fourth-order valence-electron chi connectivity index (χ4n) is 2.02. The lowest BCUT2D eigenvalue weighted by Gasteiger charge is -2.11. The number of carbonyl (C=O) groups is 1. The van der Waals surface area contributed by atoms with Crippen molar-refractivity contribution in [3.63, 3.8) is 0 Å². The number of carbonyl (C=O) groups excluding carboxylic acids is 1. The van der Waals surface area contributed by atoms with Gasteiger partial charge in [-0.1, -0.05) is 43.1 Å². The van der Waals surface area contributed by atoms with Gasteiger partial charge in [0.05, 0.1) is 15.6 Å². The summed E-state index contributed by atoms with van der Waals surface area (Å²) in [5, 5.41) is 2.95. The van der Waals surface area contributed by atoms with Gasteiger partial charge in [-0.05, 0) is 36.8 Å². The second-order valence-corrected chi connectivity index (χ2v) is 7.31. The smallest absolute Gasteiger partial charge is 0.261 e. The molecule has 0 saturated heterocycles. The SMILES string of the molecule is CCCCNC(=O)c1ccc(NS(=O)(=O)c2ccccc2)c(Cl)c1. The summed E-state index contributed by atoms with van der Waals surface area (Å²) < 4.78 is 27.0. The van der Waals surface area contributed by atoms with Crippen molar-refractivity contribution >= 4 is 33.2 Å². The molecular weight excluding hydrogens is 348 g/mol. The fourth-order valence-corrected chi connectivity index (χ4v) is 3.41. The largest absolute Gasteiger partial charge is 0.352 e. The minimum Gasteiger partial charge on any atom is -0.352 e. The molecule has 0 aliphatic carbocycles. The molecule has 0 atom stereocenters. The Hall–Kier alpha value is -2.05. The molecule has 1 amide bonds. The second kappa shape index (κ2) is 8.17. The van der Waals surface area contributed by atoms with E-state index in [1.807, 2.05) is 6.92 Å². The van der Waals surface area contributed by atoms with Gasteiger partial charge in [-0.2, -0.15) is 0 Å². The number of hydrogen-bond donors (Lipinski definition) is 2. The molecule has 0 heterocycles. The molecule has 128 valence electrons. The van der Waals surface area contributed by atoms with Gasteiger partial charge in [-0.15, -0.1) is 0 Å². The van der Waals surface area contributed by atoms with Gasteiger partial charge in [0.1, 0.15) is 0 Å². The van der Waals surface area contributed by atoms with Crippen LogP contribution in [0.3, 0.4) is 0 Å². The van der Waals surface area contributed by atoms with E-state index in [1.54, 1.807) is 18.2 Å². The molecule has 2 aromatic carbocycles. The first-order valence-corrected chi connectivity index (χ1v) is 9.46. The van der Waals surface area contributed by atoms with E-state index in [0.717, 1.165) is 12.8 Å². The Morgan fingerprint density at radius 2 is 1.83 bits per heavy atom. The summed E-state index contributed by atoms with van der Waals surface area (Å²) >= 11 is 6.12.